The zero-order chi connectivity index (χ0) is 10.1. The van der Waals surface area contributed by atoms with Crippen LogP contribution in [0.25, 0.3) is 0 Å². The van der Waals surface area contributed by atoms with Gasteiger partial charge in [-0.15, -0.1) is 0 Å². The molecule has 1 aromatic rings. The molecule has 0 radical (unpaired) electrons. The van der Waals surface area contributed by atoms with E-state index < -0.39 is 0 Å². The zero-order valence-corrected chi connectivity index (χ0v) is 7.60. The molecule has 0 saturated carbocycles. The lowest BCUT2D eigenvalue weighted by Crippen LogP contribution is -1.83. The largest absolute Gasteiger partial charge is 0.483 e. The third kappa shape index (κ3) is 4.98. The minimum absolute atomic E-state index is 0.143. The van der Waals surface area contributed by atoms with Crippen molar-refractivity contribution in [2.45, 2.75) is 20.0 Å². The molecule has 0 bridgehead atoms. The molecule has 13 heavy (non-hydrogen) atoms. The smallest absolute Gasteiger partial charge is 0.290 e. The summed E-state index contributed by atoms with van der Waals surface area (Å²) >= 11 is 0. The fourth-order valence-corrected chi connectivity index (χ4v) is 0.880. The number of hydrogen-bond donors (Lipinski definition) is 2. The van der Waals surface area contributed by atoms with Gasteiger partial charge < -0.3 is 10.2 Å². The number of aliphatic hydroxyl groups is 1. The number of carbonyl (C=O) groups is 1. The third-order valence-corrected chi connectivity index (χ3v) is 1.61. The number of rotatable bonds is 2. The molecule has 3 heteroatoms. The van der Waals surface area contributed by atoms with Crippen LogP contribution in [0, 0.1) is 0 Å². The van der Waals surface area contributed by atoms with Crippen LogP contribution in [-0.4, -0.2) is 16.7 Å². The number of hydrogen-bond acceptors (Lipinski definition) is 2. The van der Waals surface area contributed by atoms with Gasteiger partial charge >= 0.3 is 0 Å². The Morgan fingerprint density at radius 2 is 1.62 bits per heavy atom. The Hall–Kier alpha value is -1.35. The highest BCUT2D eigenvalue weighted by Crippen LogP contribution is 2.03. The van der Waals surface area contributed by atoms with Crippen LogP contribution in [0.1, 0.15) is 18.1 Å². The first-order valence-corrected chi connectivity index (χ1v) is 4.05. The fraction of sp³-hybridized carbons (Fsp3) is 0.300. The van der Waals surface area contributed by atoms with Gasteiger partial charge in [0.15, 0.2) is 0 Å². The van der Waals surface area contributed by atoms with Gasteiger partial charge in [0.2, 0.25) is 0 Å². The summed E-state index contributed by atoms with van der Waals surface area (Å²) in [6, 6.07) is 8.01. The molecule has 0 spiro atoms. The van der Waals surface area contributed by atoms with Gasteiger partial charge in [-0.1, -0.05) is 31.2 Å². The van der Waals surface area contributed by atoms with E-state index in [-0.39, 0.29) is 13.1 Å². The average molecular weight is 182 g/mol. The first-order valence-electron chi connectivity index (χ1n) is 4.05. The monoisotopic (exact) mass is 182 g/mol. The summed E-state index contributed by atoms with van der Waals surface area (Å²) in [6.07, 6.45) is 1.06. The maximum atomic E-state index is 8.70. The van der Waals surface area contributed by atoms with Crippen molar-refractivity contribution >= 4 is 6.47 Å². The summed E-state index contributed by atoms with van der Waals surface area (Å²) in [5, 5.41) is 15.6. The van der Waals surface area contributed by atoms with Crippen LogP contribution in [0.4, 0.5) is 0 Å². The molecule has 0 aromatic heterocycles. The third-order valence-electron chi connectivity index (χ3n) is 1.61. The van der Waals surface area contributed by atoms with E-state index in [1.165, 1.54) is 5.56 Å². The van der Waals surface area contributed by atoms with E-state index in [1.54, 1.807) is 0 Å². The molecule has 0 atom stereocenters. The fourth-order valence-electron chi connectivity index (χ4n) is 0.880. The second-order valence-corrected chi connectivity index (χ2v) is 2.43. The van der Waals surface area contributed by atoms with E-state index >= 15 is 0 Å². The highest BCUT2D eigenvalue weighted by molar-refractivity contribution is 5.32. The summed E-state index contributed by atoms with van der Waals surface area (Å²) in [5.41, 5.74) is 2.30. The normalized spacial score (nSPS) is 8.46. The Morgan fingerprint density at radius 1 is 1.23 bits per heavy atom. The average Bonchev–Trinajstić information content (AvgIpc) is 2.19. The zero-order valence-electron chi connectivity index (χ0n) is 7.60. The van der Waals surface area contributed by atoms with Crippen molar-refractivity contribution in [2.24, 2.45) is 0 Å². The Kier molecular flexibility index (Phi) is 6.55. The van der Waals surface area contributed by atoms with Crippen molar-refractivity contribution < 1.29 is 15.0 Å². The Balaban J connectivity index is 0.000000424. The molecule has 0 fully saturated rings. The molecule has 1 rings (SSSR count). The van der Waals surface area contributed by atoms with Gasteiger partial charge in [-0.05, 0) is 17.5 Å². The molecule has 0 heterocycles. The van der Waals surface area contributed by atoms with E-state index in [4.69, 9.17) is 15.0 Å². The molecule has 3 nitrogen and oxygen atoms in total. The van der Waals surface area contributed by atoms with Crippen LogP contribution in [0.2, 0.25) is 0 Å². The molecule has 0 aliphatic heterocycles. The predicted molar refractivity (Wildman–Crippen MR) is 50.4 cm³/mol. The Bertz CT molecular complexity index is 205. The van der Waals surface area contributed by atoms with Crippen LogP contribution in [0.15, 0.2) is 24.3 Å². The highest BCUT2D eigenvalue weighted by atomic mass is 16.3. The minimum atomic E-state index is -0.250. The van der Waals surface area contributed by atoms with Crippen molar-refractivity contribution in [3.8, 4) is 0 Å². The van der Waals surface area contributed by atoms with E-state index in [1.807, 2.05) is 24.3 Å². The van der Waals surface area contributed by atoms with Gasteiger partial charge in [0.1, 0.15) is 0 Å². The van der Waals surface area contributed by atoms with Crippen LogP contribution < -0.4 is 0 Å². The van der Waals surface area contributed by atoms with Gasteiger partial charge in [0.05, 0.1) is 6.61 Å². The highest BCUT2D eigenvalue weighted by Gasteiger charge is 1.89. The number of benzene rings is 1. The second-order valence-electron chi connectivity index (χ2n) is 2.43. The van der Waals surface area contributed by atoms with Gasteiger partial charge in [0, 0.05) is 0 Å². The number of aryl methyl sites for hydroxylation is 1. The molecule has 1 aromatic carbocycles. The molecule has 0 saturated heterocycles. The van der Waals surface area contributed by atoms with Crippen LogP contribution >= 0.6 is 0 Å². The molecular weight excluding hydrogens is 168 g/mol. The molecule has 2 N–H and O–H groups in total. The van der Waals surface area contributed by atoms with Gasteiger partial charge in [-0.25, -0.2) is 0 Å². The van der Waals surface area contributed by atoms with E-state index in [0.717, 1.165) is 12.0 Å². The maximum Gasteiger partial charge on any atom is 0.290 e. The van der Waals surface area contributed by atoms with E-state index in [0.29, 0.717) is 0 Å². The molecule has 0 amide bonds. The van der Waals surface area contributed by atoms with Gasteiger partial charge in [0.25, 0.3) is 6.47 Å². The summed E-state index contributed by atoms with van der Waals surface area (Å²) in [7, 11) is 0. The maximum absolute atomic E-state index is 8.70. The lowest BCUT2D eigenvalue weighted by atomic mass is 10.1. The predicted octanol–water partition coefficient (Wildman–Crippen LogP) is 1.44. The van der Waals surface area contributed by atoms with Crippen molar-refractivity contribution in [1.82, 2.24) is 0 Å². The molecule has 0 aliphatic carbocycles. The Labute approximate surface area is 77.6 Å². The lowest BCUT2D eigenvalue weighted by Gasteiger charge is -1.97. The minimum Gasteiger partial charge on any atom is -0.483 e. The van der Waals surface area contributed by atoms with E-state index in [2.05, 4.69) is 6.92 Å². The van der Waals surface area contributed by atoms with Crippen molar-refractivity contribution in [1.29, 1.82) is 0 Å². The second kappa shape index (κ2) is 7.31. The summed E-state index contributed by atoms with van der Waals surface area (Å²) in [5.74, 6) is 0. The summed E-state index contributed by atoms with van der Waals surface area (Å²) in [4.78, 5) is 8.36. The lowest BCUT2D eigenvalue weighted by molar-refractivity contribution is -0.122. The summed E-state index contributed by atoms with van der Waals surface area (Å²) < 4.78 is 0. The van der Waals surface area contributed by atoms with Crippen molar-refractivity contribution in [2.75, 3.05) is 0 Å². The first-order chi connectivity index (χ1) is 6.28. The van der Waals surface area contributed by atoms with Crippen LogP contribution in [0.5, 0.6) is 0 Å². The van der Waals surface area contributed by atoms with Gasteiger partial charge in [-0.3, -0.25) is 4.79 Å². The van der Waals surface area contributed by atoms with E-state index in [9.17, 15) is 0 Å². The topological polar surface area (TPSA) is 57.5 Å². The van der Waals surface area contributed by atoms with Crippen molar-refractivity contribution in [3.05, 3.63) is 35.4 Å². The first kappa shape index (κ1) is 11.6. The van der Waals surface area contributed by atoms with Crippen LogP contribution in [-0.2, 0) is 17.8 Å². The molecule has 0 aliphatic rings. The standard InChI is InChI=1S/C9H12O.CH2O2/c1-2-8-3-5-9(7-10)6-4-8;2-1-3/h3-6,10H,2,7H2,1H3;1H,(H,2,3). The quantitative estimate of drug-likeness (QED) is 0.680. The number of carboxylic acid groups (broad SMARTS) is 1. The SMILES string of the molecule is CCc1ccc(CO)cc1.O=CO. The number of aliphatic hydroxyl groups excluding tert-OH is 1. The van der Waals surface area contributed by atoms with Crippen molar-refractivity contribution in [3.63, 3.8) is 0 Å². The molecule has 72 valence electrons. The van der Waals surface area contributed by atoms with Crippen LogP contribution in [0.3, 0.4) is 0 Å². The summed E-state index contributed by atoms with van der Waals surface area (Å²) in [6.45, 7) is 2.01. The molecule has 0 unspecified atom stereocenters. The van der Waals surface area contributed by atoms with Gasteiger partial charge in [-0.2, -0.15) is 0 Å². The molecular formula is C10H14O3. The Morgan fingerprint density at radius 3 is 1.92 bits per heavy atom.